The molecule has 18 heavy (non-hydrogen) atoms. The van der Waals surface area contributed by atoms with Crippen molar-refractivity contribution in [2.45, 2.75) is 6.92 Å². The van der Waals surface area contributed by atoms with Crippen LogP contribution in [-0.2, 0) is 0 Å². The lowest BCUT2D eigenvalue weighted by Gasteiger charge is -2.10. The highest BCUT2D eigenvalue weighted by Gasteiger charge is 2.10. The van der Waals surface area contributed by atoms with Gasteiger partial charge in [0.05, 0.1) is 27.6 Å². The van der Waals surface area contributed by atoms with Crippen molar-refractivity contribution in [1.82, 2.24) is 14.5 Å². The minimum atomic E-state index is 0.485. The predicted molar refractivity (Wildman–Crippen MR) is 73.6 cm³/mol. The maximum Gasteiger partial charge on any atom is 0.0991 e. The zero-order valence-corrected chi connectivity index (χ0v) is 11.1. The van der Waals surface area contributed by atoms with E-state index in [1.807, 2.05) is 29.8 Å². The molecule has 0 aliphatic heterocycles. The first kappa shape index (κ1) is 11.5. The summed E-state index contributed by atoms with van der Waals surface area (Å²) in [4.78, 5) is 8.51. The fourth-order valence-electron chi connectivity index (χ4n) is 1.96. The van der Waals surface area contributed by atoms with Gasteiger partial charge in [0.2, 0.25) is 0 Å². The van der Waals surface area contributed by atoms with E-state index in [9.17, 15) is 0 Å². The molecule has 0 atom stereocenters. The molecule has 0 bridgehead atoms. The highest BCUT2D eigenvalue weighted by atomic mass is 35.5. The minimum absolute atomic E-state index is 0.485. The molecule has 0 saturated carbocycles. The quantitative estimate of drug-likeness (QED) is 0.672. The smallest absolute Gasteiger partial charge is 0.0991 e. The summed E-state index contributed by atoms with van der Waals surface area (Å²) in [5, 5.41) is 1.95. The molecule has 0 spiro atoms. The van der Waals surface area contributed by atoms with Gasteiger partial charge in [0.25, 0.3) is 0 Å². The molecule has 0 fully saturated rings. The van der Waals surface area contributed by atoms with Crippen LogP contribution in [0.2, 0.25) is 10.0 Å². The Bertz CT molecular complexity index is 721. The average molecular weight is 278 g/mol. The third kappa shape index (κ3) is 1.76. The number of pyridine rings is 1. The molecule has 0 aliphatic carbocycles. The largest absolute Gasteiger partial charge is 0.306 e. The van der Waals surface area contributed by atoms with E-state index in [4.69, 9.17) is 23.2 Å². The van der Waals surface area contributed by atoms with Crippen LogP contribution < -0.4 is 0 Å². The number of rotatable bonds is 1. The number of aromatic nitrogens is 3. The molecular weight excluding hydrogens is 269 g/mol. The van der Waals surface area contributed by atoms with Crippen LogP contribution >= 0.6 is 23.2 Å². The van der Waals surface area contributed by atoms with Crippen molar-refractivity contribution in [2.24, 2.45) is 0 Å². The molecule has 3 nitrogen and oxygen atoms in total. The van der Waals surface area contributed by atoms with Gasteiger partial charge in [-0.25, -0.2) is 4.98 Å². The summed E-state index contributed by atoms with van der Waals surface area (Å²) in [6.07, 6.45) is 5.37. The second-order valence-electron chi connectivity index (χ2n) is 4.01. The van der Waals surface area contributed by atoms with Gasteiger partial charge in [0.15, 0.2) is 0 Å². The van der Waals surface area contributed by atoms with Crippen molar-refractivity contribution in [2.75, 3.05) is 0 Å². The second-order valence-corrected chi connectivity index (χ2v) is 4.80. The monoisotopic (exact) mass is 277 g/mol. The molecule has 0 radical (unpaired) electrons. The van der Waals surface area contributed by atoms with Crippen LogP contribution in [0.25, 0.3) is 16.6 Å². The molecule has 0 aliphatic rings. The van der Waals surface area contributed by atoms with E-state index in [0.29, 0.717) is 15.6 Å². The van der Waals surface area contributed by atoms with E-state index in [1.54, 1.807) is 18.6 Å². The second kappa shape index (κ2) is 4.26. The zero-order chi connectivity index (χ0) is 12.7. The fraction of sp³-hybridized carbons (Fsp3) is 0.0769. The van der Waals surface area contributed by atoms with Crippen molar-refractivity contribution in [3.8, 4) is 5.69 Å². The van der Waals surface area contributed by atoms with Gasteiger partial charge in [0, 0.05) is 23.5 Å². The Hall–Kier alpha value is -1.58. The average Bonchev–Trinajstić information content (AvgIpc) is 2.87. The first-order chi connectivity index (χ1) is 8.66. The van der Waals surface area contributed by atoms with E-state index < -0.39 is 0 Å². The summed E-state index contributed by atoms with van der Waals surface area (Å²) in [6, 6.07) is 5.70. The molecule has 2 aromatic heterocycles. The van der Waals surface area contributed by atoms with Crippen LogP contribution in [0.5, 0.6) is 0 Å². The molecule has 0 amide bonds. The van der Waals surface area contributed by atoms with Crippen molar-refractivity contribution < 1.29 is 0 Å². The molecule has 2 heterocycles. The van der Waals surface area contributed by atoms with E-state index in [-0.39, 0.29) is 0 Å². The number of nitrogens with zero attached hydrogens (tertiary/aromatic N) is 3. The van der Waals surface area contributed by atoms with Crippen molar-refractivity contribution >= 4 is 34.1 Å². The highest BCUT2D eigenvalue weighted by molar-refractivity contribution is 6.45. The Morgan fingerprint density at radius 1 is 1.22 bits per heavy atom. The maximum absolute atomic E-state index is 6.21. The van der Waals surface area contributed by atoms with E-state index in [0.717, 1.165) is 16.8 Å². The Labute approximate surface area is 114 Å². The standard InChI is InChI=1S/C13H9Cl2N3/c1-8-6-11(18-5-4-16-7-18)9-2-3-10(14)12(15)13(9)17-8/h2-7H,1H3. The summed E-state index contributed by atoms with van der Waals surface area (Å²) < 4.78 is 1.93. The number of aryl methyl sites for hydroxylation is 1. The van der Waals surface area contributed by atoms with Gasteiger partial charge in [-0.2, -0.15) is 0 Å². The third-order valence-electron chi connectivity index (χ3n) is 2.76. The van der Waals surface area contributed by atoms with Crippen LogP contribution in [-0.4, -0.2) is 14.5 Å². The van der Waals surface area contributed by atoms with E-state index in [1.165, 1.54) is 0 Å². The molecule has 90 valence electrons. The van der Waals surface area contributed by atoms with E-state index in [2.05, 4.69) is 9.97 Å². The normalized spacial score (nSPS) is 11.1. The molecule has 0 unspecified atom stereocenters. The topological polar surface area (TPSA) is 30.7 Å². The lowest BCUT2D eigenvalue weighted by atomic mass is 10.1. The number of imidazole rings is 1. The zero-order valence-electron chi connectivity index (χ0n) is 9.56. The first-order valence-corrected chi connectivity index (χ1v) is 6.16. The predicted octanol–water partition coefficient (Wildman–Crippen LogP) is 4.04. The Kier molecular flexibility index (Phi) is 2.73. The Balaban J connectivity index is 2.43. The summed E-state index contributed by atoms with van der Waals surface area (Å²) in [6.45, 7) is 1.93. The summed E-state index contributed by atoms with van der Waals surface area (Å²) >= 11 is 12.2. The highest BCUT2D eigenvalue weighted by Crippen LogP contribution is 2.32. The fourth-order valence-corrected chi connectivity index (χ4v) is 2.31. The number of benzene rings is 1. The molecular formula is C13H9Cl2N3. The Morgan fingerprint density at radius 3 is 2.78 bits per heavy atom. The molecule has 1 aromatic carbocycles. The lowest BCUT2D eigenvalue weighted by molar-refractivity contribution is 1.06. The minimum Gasteiger partial charge on any atom is -0.306 e. The number of hydrogen-bond acceptors (Lipinski definition) is 2. The van der Waals surface area contributed by atoms with Crippen LogP contribution in [0, 0.1) is 6.92 Å². The first-order valence-electron chi connectivity index (χ1n) is 5.40. The van der Waals surface area contributed by atoms with Gasteiger partial charge < -0.3 is 4.57 Å². The molecule has 3 rings (SSSR count). The SMILES string of the molecule is Cc1cc(-n2ccnc2)c2ccc(Cl)c(Cl)c2n1. The molecule has 0 N–H and O–H groups in total. The summed E-state index contributed by atoms with van der Waals surface area (Å²) in [5.41, 5.74) is 2.59. The third-order valence-corrected chi connectivity index (χ3v) is 3.56. The summed E-state index contributed by atoms with van der Waals surface area (Å²) in [7, 11) is 0. The molecule has 0 saturated heterocycles. The van der Waals surface area contributed by atoms with Crippen molar-refractivity contribution in [1.29, 1.82) is 0 Å². The van der Waals surface area contributed by atoms with Crippen LogP contribution in [0.1, 0.15) is 5.69 Å². The molecule has 5 heteroatoms. The van der Waals surface area contributed by atoms with Crippen molar-refractivity contribution in [3.63, 3.8) is 0 Å². The van der Waals surface area contributed by atoms with Gasteiger partial charge >= 0.3 is 0 Å². The van der Waals surface area contributed by atoms with Gasteiger partial charge in [-0.3, -0.25) is 4.98 Å². The van der Waals surface area contributed by atoms with E-state index >= 15 is 0 Å². The van der Waals surface area contributed by atoms with Gasteiger partial charge in [0.1, 0.15) is 0 Å². The lowest BCUT2D eigenvalue weighted by Crippen LogP contribution is -1.96. The Morgan fingerprint density at radius 2 is 2.06 bits per heavy atom. The summed E-state index contributed by atoms with van der Waals surface area (Å²) in [5.74, 6) is 0. The van der Waals surface area contributed by atoms with Crippen LogP contribution in [0.15, 0.2) is 36.9 Å². The maximum atomic E-state index is 6.21. The number of hydrogen-bond donors (Lipinski definition) is 0. The van der Waals surface area contributed by atoms with Gasteiger partial charge in [-0.15, -0.1) is 0 Å². The van der Waals surface area contributed by atoms with Crippen LogP contribution in [0.4, 0.5) is 0 Å². The van der Waals surface area contributed by atoms with Crippen molar-refractivity contribution in [3.05, 3.63) is 52.7 Å². The number of halogens is 2. The van der Waals surface area contributed by atoms with Gasteiger partial charge in [-0.1, -0.05) is 23.2 Å². The molecule has 3 aromatic rings. The van der Waals surface area contributed by atoms with Gasteiger partial charge in [-0.05, 0) is 25.1 Å². The number of fused-ring (bicyclic) bond motifs is 1. The van der Waals surface area contributed by atoms with Crippen LogP contribution in [0.3, 0.4) is 0 Å².